The number of rotatable bonds is 2. The molecule has 0 spiro atoms. The third kappa shape index (κ3) is 3.22. The molecule has 0 aliphatic carbocycles. The fraction of sp³-hybridized carbons (Fsp3) is 0.538. The first-order chi connectivity index (χ1) is 7.24. The third-order valence-corrected chi connectivity index (χ3v) is 3.31. The number of nitrogens with zero attached hydrogens (tertiary/aromatic N) is 1. The molecule has 1 aromatic carbocycles. The van der Waals surface area contributed by atoms with Crippen molar-refractivity contribution in [2.75, 3.05) is 13.1 Å². The predicted octanol–water partition coefficient (Wildman–Crippen LogP) is 3.57. The van der Waals surface area contributed by atoms with Crippen LogP contribution in [0, 0.1) is 5.92 Å². The van der Waals surface area contributed by atoms with Crippen LogP contribution in [0.4, 0.5) is 0 Å². The molecule has 1 heterocycles. The molecule has 0 saturated carbocycles. The van der Waals surface area contributed by atoms with Crippen LogP contribution in [0.2, 0.25) is 5.02 Å². The van der Waals surface area contributed by atoms with Gasteiger partial charge in [0, 0.05) is 18.1 Å². The van der Waals surface area contributed by atoms with Crippen LogP contribution in [0.1, 0.15) is 25.3 Å². The molecule has 2 rings (SSSR count). The molecule has 1 atom stereocenters. The van der Waals surface area contributed by atoms with Crippen molar-refractivity contribution in [1.82, 2.24) is 4.90 Å². The second kappa shape index (κ2) is 5.00. The van der Waals surface area contributed by atoms with Gasteiger partial charge in [0.05, 0.1) is 0 Å². The lowest BCUT2D eigenvalue weighted by atomic mass is 10.00. The van der Waals surface area contributed by atoms with Gasteiger partial charge in [-0.25, -0.2) is 0 Å². The van der Waals surface area contributed by atoms with E-state index in [1.807, 2.05) is 12.1 Å². The van der Waals surface area contributed by atoms with Crippen molar-refractivity contribution in [3.05, 3.63) is 34.9 Å². The maximum Gasteiger partial charge on any atom is 0.0406 e. The van der Waals surface area contributed by atoms with Crippen molar-refractivity contribution in [2.24, 2.45) is 5.92 Å². The lowest BCUT2D eigenvalue weighted by Crippen LogP contribution is -2.33. The predicted molar refractivity (Wildman–Crippen MR) is 65.1 cm³/mol. The van der Waals surface area contributed by atoms with Gasteiger partial charge >= 0.3 is 0 Å². The van der Waals surface area contributed by atoms with E-state index in [0.717, 1.165) is 17.5 Å². The molecular formula is C13H18ClN. The Morgan fingerprint density at radius 3 is 2.73 bits per heavy atom. The minimum absolute atomic E-state index is 0.825. The number of likely N-dealkylation sites (tertiary alicyclic amines) is 1. The highest BCUT2D eigenvalue weighted by Crippen LogP contribution is 2.18. The van der Waals surface area contributed by atoms with E-state index in [4.69, 9.17) is 11.6 Å². The molecule has 1 aliphatic heterocycles. The molecule has 15 heavy (non-hydrogen) atoms. The molecule has 0 amide bonds. The normalized spacial score (nSPS) is 22.9. The summed E-state index contributed by atoms with van der Waals surface area (Å²) in [5.74, 6) is 0.853. The number of halogens is 1. The van der Waals surface area contributed by atoms with Crippen molar-refractivity contribution >= 4 is 11.6 Å². The Morgan fingerprint density at radius 1 is 1.33 bits per heavy atom. The Labute approximate surface area is 97.0 Å². The van der Waals surface area contributed by atoms with Crippen LogP contribution in [0.3, 0.4) is 0 Å². The van der Waals surface area contributed by atoms with Gasteiger partial charge in [0.1, 0.15) is 0 Å². The molecule has 0 radical (unpaired) electrons. The largest absolute Gasteiger partial charge is 0.299 e. The van der Waals surface area contributed by atoms with E-state index >= 15 is 0 Å². The first-order valence-corrected chi connectivity index (χ1v) is 6.08. The van der Waals surface area contributed by atoms with E-state index in [9.17, 15) is 0 Å². The average Bonchev–Trinajstić information content (AvgIpc) is 2.22. The van der Waals surface area contributed by atoms with E-state index in [1.165, 1.54) is 31.5 Å². The van der Waals surface area contributed by atoms with E-state index in [-0.39, 0.29) is 0 Å². The molecule has 0 N–H and O–H groups in total. The van der Waals surface area contributed by atoms with Gasteiger partial charge in [0.15, 0.2) is 0 Å². The highest BCUT2D eigenvalue weighted by atomic mass is 35.5. The summed E-state index contributed by atoms with van der Waals surface area (Å²) in [4.78, 5) is 2.54. The molecule has 0 unspecified atom stereocenters. The summed E-state index contributed by atoms with van der Waals surface area (Å²) in [7, 11) is 0. The topological polar surface area (TPSA) is 3.24 Å². The molecular weight excluding hydrogens is 206 g/mol. The Balaban J connectivity index is 1.93. The third-order valence-electron chi connectivity index (χ3n) is 3.06. The summed E-state index contributed by atoms with van der Waals surface area (Å²) in [6.45, 7) is 5.89. The number of hydrogen-bond donors (Lipinski definition) is 0. The van der Waals surface area contributed by atoms with Crippen molar-refractivity contribution in [3.8, 4) is 0 Å². The Hall–Kier alpha value is -0.530. The Bertz CT molecular complexity index is 307. The minimum atomic E-state index is 0.825. The average molecular weight is 224 g/mol. The number of benzene rings is 1. The van der Waals surface area contributed by atoms with Crippen LogP contribution in [-0.4, -0.2) is 18.0 Å². The van der Waals surface area contributed by atoms with Crippen LogP contribution in [0.5, 0.6) is 0 Å². The van der Waals surface area contributed by atoms with E-state index < -0.39 is 0 Å². The van der Waals surface area contributed by atoms with Crippen LogP contribution in [0.15, 0.2) is 24.3 Å². The molecule has 1 fully saturated rings. The highest BCUT2D eigenvalue weighted by Gasteiger charge is 2.15. The van der Waals surface area contributed by atoms with Crippen molar-refractivity contribution < 1.29 is 0 Å². The van der Waals surface area contributed by atoms with E-state index in [0.29, 0.717) is 0 Å². The van der Waals surface area contributed by atoms with Gasteiger partial charge < -0.3 is 0 Å². The second-order valence-corrected chi connectivity index (χ2v) is 5.05. The fourth-order valence-corrected chi connectivity index (χ4v) is 2.40. The second-order valence-electron chi connectivity index (χ2n) is 4.61. The summed E-state index contributed by atoms with van der Waals surface area (Å²) in [6.07, 6.45) is 2.73. The van der Waals surface area contributed by atoms with Crippen LogP contribution < -0.4 is 0 Å². The minimum Gasteiger partial charge on any atom is -0.299 e. The SMILES string of the molecule is C[C@@H]1CCCN(Cc2ccc(Cl)cc2)C1. The molecule has 1 saturated heterocycles. The van der Waals surface area contributed by atoms with Gasteiger partial charge in [0.25, 0.3) is 0 Å². The van der Waals surface area contributed by atoms with Crippen molar-refractivity contribution in [2.45, 2.75) is 26.3 Å². The van der Waals surface area contributed by atoms with Crippen LogP contribution in [0.25, 0.3) is 0 Å². The molecule has 2 heteroatoms. The summed E-state index contributed by atoms with van der Waals surface area (Å²) in [6, 6.07) is 8.21. The standard InChI is InChI=1S/C13H18ClN/c1-11-3-2-8-15(9-11)10-12-4-6-13(14)7-5-12/h4-7,11H,2-3,8-10H2,1H3/t11-/m1/s1. The van der Waals surface area contributed by atoms with E-state index in [2.05, 4.69) is 24.0 Å². The van der Waals surface area contributed by atoms with Crippen molar-refractivity contribution in [1.29, 1.82) is 0 Å². The maximum atomic E-state index is 5.86. The van der Waals surface area contributed by atoms with E-state index in [1.54, 1.807) is 0 Å². The van der Waals surface area contributed by atoms with Gasteiger partial charge in [0.2, 0.25) is 0 Å². The van der Waals surface area contributed by atoms with Gasteiger partial charge in [-0.1, -0.05) is 30.7 Å². The Kier molecular flexibility index (Phi) is 3.66. The smallest absolute Gasteiger partial charge is 0.0406 e. The summed E-state index contributed by atoms with van der Waals surface area (Å²) >= 11 is 5.86. The van der Waals surface area contributed by atoms with Crippen LogP contribution >= 0.6 is 11.6 Å². The Morgan fingerprint density at radius 2 is 2.07 bits per heavy atom. The zero-order chi connectivity index (χ0) is 10.7. The quantitative estimate of drug-likeness (QED) is 0.741. The first-order valence-electron chi connectivity index (χ1n) is 5.71. The lowest BCUT2D eigenvalue weighted by molar-refractivity contribution is 0.176. The summed E-state index contributed by atoms with van der Waals surface area (Å²) in [5.41, 5.74) is 1.37. The van der Waals surface area contributed by atoms with Gasteiger partial charge in [-0.05, 0) is 43.0 Å². The van der Waals surface area contributed by atoms with Crippen LogP contribution in [-0.2, 0) is 6.54 Å². The molecule has 82 valence electrons. The number of hydrogen-bond acceptors (Lipinski definition) is 1. The lowest BCUT2D eigenvalue weighted by Gasteiger charge is -2.30. The van der Waals surface area contributed by atoms with Crippen molar-refractivity contribution in [3.63, 3.8) is 0 Å². The van der Waals surface area contributed by atoms with Gasteiger partial charge in [-0.15, -0.1) is 0 Å². The molecule has 1 aromatic rings. The van der Waals surface area contributed by atoms with Gasteiger partial charge in [-0.2, -0.15) is 0 Å². The number of piperidine rings is 1. The van der Waals surface area contributed by atoms with Gasteiger partial charge in [-0.3, -0.25) is 4.90 Å². The maximum absolute atomic E-state index is 5.86. The molecule has 0 bridgehead atoms. The molecule has 1 aliphatic rings. The fourth-order valence-electron chi connectivity index (χ4n) is 2.28. The highest BCUT2D eigenvalue weighted by molar-refractivity contribution is 6.30. The molecule has 0 aromatic heterocycles. The summed E-state index contributed by atoms with van der Waals surface area (Å²) < 4.78 is 0. The zero-order valence-corrected chi connectivity index (χ0v) is 10.0. The molecule has 1 nitrogen and oxygen atoms in total. The summed E-state index contributed by atoms with van der Waals surface area (Å²) in [5, 5.41) is 0.825. The monoisotopic (exact) mass is 223 g/mol. The zero-order valence-electron chi connectivity index (χ0n) is 9.25. The first kappa shape index (κ1) is 11.0.